The summed E-state index contributed by atoms with van der Waals surface area (Å²) in [5, 5.41) is 3.55. The van der Waals surface area contributed by atoms with Crippen molar-refractivity contribution in [3.8, 4) is 22.9 Å². The summed E-state index contributed by atoms with van der Waals surface area (Å²) < 4.78 is 18.3. The van der Waals surface area contributed by atoms with E-state index >= 15 is 0 Å². The van der Waals surface area contributed by atoms with Crippen LogP contribution in [0.25, 0.3) is 5.69 Å². The lowest BCUT2D eigenvalue weighted by molar-refractivity contribution is -0.116. The maximum Gasteiger partial charge on any atom is 0.231 e. The predicted molar refractivity (Wildman–Crippen MR) is 103 cm³/mol. The molecule has 1 amide bonds. The van der Waals surface area contributed by atoms with Gasteiger partial charge in [0.15, 0.2) is 11.5 Å². The standard InChI is InChI=1S/C20H16ClN3O4/c1-26-15-5-11(6-16-19(15)28-10-27-16)14-8-17(25)23-20-18(14)22-9-24(20)13-4-2-3-12(21)7-13/h2-7,9,14H,8,10H2,1H3,(H,23,25)/t14-/m1/s1. The van der Waals surface area contributed by atoms with Gasteiger partial charge >= 0.3 is 0 Å². The van der Waals surface area contributed by atoms with Crippen molar-refractivity contribution in [1.82, 2.24) is 9.55 Å². The first-order chi connectivity index (χ1) is 13.6. The fourth-order valence-electron chi connectivity index (χ4n) is 3.66. The molecule has 0 saturated carbocycles. The fraction of sp³-hybridized carbons (Fsp3) is 0.200. The van der Waals surface area contributed by atoms with Gasteiger partial charge < -0.3 is 19.5 Å². The second-order valence-corrected chi connectivity index (χ2v) is 7.03. The Morgan fingerprint density at radius 3 is 3.00 bits per heavy atom. The summed E-state index contributed by atoms with van der Waals surface area (Å²) in [4.78, 5) is 17.1. The van der Waals surface area contributed by atoms with E-state index in [0.29, 0.717) is 28.1 Å². The number of benzene rings is 2. The van der Waals surface area contributed by atoms with Crippen molar-refractivity contribution in [2.24, 2.45) is 0 Å². The number of carbonyl (C=O) groups is 1. The Morgan fingerprint density at radius 1 is 1.29 bits per heavy atom. The van der Waals surface area contributed by atoms with Gasteiger partial charge in [0.2, 0.25) is 18.4 Å². The largest absolute Gasteiger partial charge is 0.493 e. The number of hydrogen-bond donors (Lipinski definition) is 1. The van der Waals surface area contributed by atoms with Gasteiger partial charge in [0, 0.05) is 23.0 Å². The van der Waals surface area contributed by atoms with E-state index < -0.39 is 0 Å². The van der Waals surface area contributed by atoms with Crippen LogP contribution in [0.4, 0.5) is 5.82 Å². The number of anilines is 1. The van der Waals surface area contributed by atoms with E-state index in [1.807, 2.05) is 34.9 Å². The van der Waals surface area contributed by atoms with Crippen molar-refractivity contribution < 1.29 is 19.0 Å². The lowest BCUT2D eigenvalue weighted by Gasteiger charge is -2.24. The molecule has 0 bridgehead atoms. The van der Waals surface area contributed by atoms with Crippen molar-refractivity contribution >= 4 is 23.3 Å². The number of aromatic nitrogens is 2. The zero-order chi connectivity index (χ0) is 19.3. The summed E-state index contributed by atoms with van der Waals surface area (Å²) in [6.07, 6.45) is 1.97. The predicted octanol–water partition coefficient (Wildman–Crippen LogP) is 3.74. The first-order valence-corrected chi connectivity index (χ1v) is 9.12. The van der Waals surface area contributed by atoms with Crippen molar-refractivity contribution in [2.45, 2.75) is 12.3 Å². The van der Waals surface area contributed by atoms with Gasteiger partial charge in [-0.1, -0.05) is 17.7 Å². The molecule has 7 nitrogen and oxygen atoms in total. The van der Waals surface area contributed by atoms with Gasteiger partial charge in [-0.15, -0.1) is 0 Å². The Labute approximate surface area is 165 Å². The van der Waals surface area contributed by atoms with Crippen molar-refractivity contribution in [3.05, 3.63) is 59.0 Å². The molecule has 1 atom stereocenters. The lowest BCUT2D eigenvalue weighted by atomic mass is 9.89. The molecule has 28 heavy (non-hydrogen) atoms. The first-order valence-electron chi connectivity index (χ1n) is 8.74. The summed E-state index contributed by atoms with van der Waals surface area (Å²) >= 11 is 6.12. The van der Waals surface area contributed by atoms with E-state index in [9.17, 15) is 4.79 Å². The minimum Gasteiger partial charge on any atom is -0.493 e. The van der Waals surface area contributed by atoms with Crippen LogP contribution in [0.15, 0.2) is 42.7 Å². The molecule has 0 spiro atoms. The number of hydrogen-bond acceptors (Lipinski definition) is 5. The molecule has 0 fully saturated rings. The molecule has 142 valence electrons. The molecule has 5 rings (SSSR count). The zero-order valence-corrected chi connectivity index (χ0v) is 15.7. The molecule has 3 heterocycles. The fourth-order valence-corrected chi connectivity index (χ4v) is 3.84. The van der Waals surface area contributed by atoms with E-state index in [0.717, 1.165) is 16.9 Å². The second-order valence-electron chi connectivity index (χ2n) is 6.59. The van der Waals surface area contributed by atoms with Gasteiger partial charge in [0.1, 0.15) is 12.1 Å². The Balaban J connectivity index is 1.62. The molecule has 8 heteroatoms. The Hall–Kier alpha value is -3.19. The highest BCUT2D eigenvalue weighted by Crippen LogP contribution is 2.46. The third kappa shape index (κ3) is 2.66. The Kier molecular flexibility index (Phi) is 3.91. The van der Waals surface area contributed by atoms with Gasteiger partial charge in [0.05, 0.1) is 12.8 Å². The van der Waals surface area contributed by atoms with Gasteiger partial charge in [-0.2, -0.15) is 0 Å². The maximum absolute atomic E-state index is 12.5. The lowest BCUT2D eigenvalue weighted by Crippen LogP contribution is -2.25. The monoisotopic (exact) mass is 397 g/mol. The van der Waals surface area contributed by atoms with Crippen molar-refractivity contribution in [2.75, 3.05) is 19.2 Å². The van der Waals surface area contributed by atoms with Gasteiger partial charge in [-0.05, 0) is 35.9 Å². The molecule has 0 unspecified atom stereocenters. The summed E-state index contributed by atoms with van der Waals surface area (Å²) in [6, 6.07) is 11.1. The van der Waals surface area contributed by atoms with Crippen molar-refractivity contribution in [1.29, 1.82) is 0 Å². The van der Waals surface area contributed by atoms with Gasteiger partial charge in [0.25, 0.3) is 0 Å². The number of rotatable bonds is 3. The van der Waals surface area contributed by atoms with Crippen molar-refractivity contribution in [3.63, 3.8) is 0 Å². The van der Waals surface area contributed by atoms with E-state index in [-0.39, 0.29) is 25.0 Å². The first kappa shape index (κ1) is 16.9. The van der Waals surface area contributed by atoms with Gasteiger partial charge in [-0.25, -0.2) is 4.98 Å². The molecule has 0 radical (unpaired) electrons. The Bertz CT molecular complexity index is 1100. The number of halogens is 1. The summed E-state index contributed by atoms with van der Waals surface area (Å²) in [7, 11) is 1.58. The highest BCUT2D eigenvalue weighted by atomic mass is 35.5. The Morgan fingerprint density at radius 2 is 2.18 bits per heavy atom. The minimum atomic E-state index is -0.229. The number of amides is 1. The summed E-state index contributed by atoms with van der Waals surface area (Å²) in [5.74, 6) is 2.09. The van der Waals surface area contributed by atoms with Crippen LogP contribution >= 0.6 is 11.6 Å². The third-order valence-electron chi connectivity index (χ3n) is 4.94. The van der Waals surface area contributed by atoms with E-state index in [2.05, 4.69) is 10.3 Å². The molecular formula is C20H16ClN3O4. The van der Waals surface area contributed by atoms with E-state index in [4.69, 9.17) is 25.8 Å². The van der Waals surface area contributed by atoms with Crippen LogP contribution in [0.1, 0.15) is 23.6 Å². The molecule has 2 aliphatic rings. The average Bonchev–Trinajstić information content (AvgIpc) is 3.33. The zero-order valence-electron chi connectivity index (χ0n) is 14.9. The van der Waals surface area contributed by atoms with Crippen LogP contribution in [0, 0.1) is 0 Å². The number of nitrogens with zero attached hydrogens (tertiary/aromatic N) is 2. The number of fused-ring (bicyclic) bond motifs is 2. The average molecular weight is 398 g/mol. The molecule has 2 aromatic carbocycles. The molecular weight excluding hydrogens is 382 g/mol. The molecule has 2 aliphatic heterocycles. The summed E-state index contributed by atoms with van der Waals surface area (Å²) in [6.45, 7) is 0.148. The topological polar surface area (TPSA) is 74.6 Å². The highest BCUT2D eigenvalue weighted by molar-refractivity contribution is 6.30. The number of nitrogens with one attached hydrogen (secondary N) is 1. The van der Waals surface area contributed by atoms with Crippen LogP contribution in [-0.4, -0.2) is 29.4 Å². The smallest absolute Gasteiger partial charge is 0.231 e. The van der Waals surface area contributed by atoms with Crippen LogP contribution in [0.2, 0.25) is 5.02 Å². The highest BCUT2D eigenvalue weighted by Gasteiger charge is 2.33. The second kappa shape index (κ2) is 6.45. The number of imidazole rings is 1. The SMILES string of the molecule is COc1cc([C@H]2CC(=O)Nc3c2ncn3-c2cccc(Cl)c2)cc2c1OCO2. The molecule has 0 saturated heterocycles. The number of carbonyl (C=O) groups excluding carboxylic acids is 1. The van der Waals surface area contributed by atoms with Crippen LogP contribution < -0.4 is 19.5 Å². The summed E-state index contributed by atoms with van der Waals surface area (Å²) in [5.41, 5.74) is 2.49. The quantitative estimate of drug-likeness (QED) is 0.728. The van der Waals surface area contributed by atoms with E-state index in [1.54, 1.807) is 19.5 Å². The normalized spacial score (nSPS) is 17.2. The van der Waals surface area contributed by atoms with Crippen LogP contribution in [0.5, 0.6) is 17.2 Å². The van der Waals surface area contributed by atoms with Crippen LogP contribution in [0.3, 0.4) is 0 Å². The van der Waals surface area contributed by atoms with Crippen LogP contribution in [-0.2, 0) is 4.79 Å². The third-order valence-corrected chi connectivity index (χ3v) is 5.18. The molecule has 1 N–H and O–H groups in total. The molecule has 1 aromatic heterocycles. The number of ether oxygens (including phenoxy) is 3. The maximum atomic E-state index is 12.5. The molecule has 0 aliphatic carbocycles. The van der Waals surface area contributed by atoms with E-state index in [1.165, 1.54) is 0 Å². The number of methoxy groups -OCH3 is 1. The van der Waals surface area contributed by atoms with Gasteiger partial charge in [-0.3, -0.25) is 9.36 Å². The minimum absolute atomic E-state index is 0.0853. The molecule has 3 aromatic rings.